The normalized spacial score (nSPS) is 13.2. The van der Waals surface area contributed by atoms with E-state index in [1.807, 2.05) is 58.0 Å². The highest BCUT2D eigenvalue weighted by molar-refractivity contribution is 7.66. The van der Waals surface area contributed by atoms with Crippen molar-refractivity contribution in [3.8, 4) is 0 Å². The molecule has 149 valence electrons. The molecule has 0 N–H and O–H groups in total. The molecule has 0 aliphatic heterocycles. The minimum Gasteiger partial charge on any atom is -0.293 e. The summed E-state index contributed by atoms with van der Waals surface area (Å²) >= 11 is 0. The maximum atomic E-state index is 13.2. The first kappa shape index (κ1) is 22.2. The molecule has 2 atom stereocenters. The van der Waals surface area contributed by atoms with Crippen LogP contribution in [0.1, 0.15) is 76.2 Å². The van der Waals surface area contributed by atoms with Gasteiger partial charge in [0.15, 0.2) is 13.6 Å². The summed E-state index contributed by atoms with van der Waals surface area (Å²) in [6, 6.07) is 9.57. The molecule has 0 spiro atoms. The smallest absolute Gasteiger partial charge is 0.243 e. The number of benzene rings is 2. The second-order valence-electron chi connectivity index (χ2n) is 8.67. The number of carbonyl (C=O) groups excluding carboxylic acids is 2. The van der Waals surface area contributed by atoms with Gasteiger partial charge in [-0.3, -0.25) is 14.2 Å². The molecular weight excluding hydrogens is 367 g/mol. The van der Waals surface area contributed by atoms with Crippen LogP contribution in [0, 0.1) is 27.7 Å². The molecule has 2 aromatic carbocycles. The van der Waals surface area contributed by atoms with Gasteiger partial charge in [-0.05, 0) is 67.9 Å². The summed E-state index contributed by atoms with van der Waals surface area (Å²) in [7, 11) is -2.37. The van der Waals surface area contributed by atoms with Crippen molar-refractivity contribution in [1.29, 1.82) is 0 Å². The minimum atomic E-state index is -2.37. The van der Waals surface area contributed by atoms with Crippen molar-refractivity contribution in [1.82, 2.24) is 0 Å². The van der Waals surface area contributed by atoms with E-state index in [2.05, 4.69) is 20.8 Å². The van der Waals surface area contributed by atoms with Crippen LogP contribution in [0.15, 0.2) is 30.3 Å². The molecule has 1 radical (unpaired) electrons. The third-order valence-corrected chi connectivity index (χ3v) is 6.83. The molecule has 2 unspecified atom stereocenters. The number of ketones is 1. The lowest BCUT2D eigenvalue weighted by Crippen LogP contribution is -2.20. The summed E-state index contributed by atoms with van der Waals surface area (Å²) in [6.07, 6.45) is 0. The fraction of sp³-hybridized carbons (Fsp3) is 0.417. The summed E-state index contributed by atoms with van der Waals surface area (Å²) in [5.74, 6) is -0.226. The van der Waals surface area contributed by atoms with Crippen molar-refractivity contribution in [2.24, 2.45) is 0 Å². The van der Waals surface area contributed by atoms with E-state index in [1.54, 1.807) is 6.92 Å². The molecule has 0 aliphatic rings. The van der Waals surface area contributed by atoms with Gasteiger partial charge in [0.2, 0.25) is 5.52 Å². The molecule has 28 heavy (non-hydrogen) atoms. The van der Waals surface area contributed by atoms with E-state index in [9.17, 15) is 14.2 Å². The van der Waals surface area contributed by atoms with E-state index in [4.69, 9.17) is 0 Å². The topological polar surface area (TPSA) is 51.2 Å². The van der Waals surface area contributed by atoms with Crippen LogP contribution in [0.25, 0.3) is 0 Å². The van der Waals surface area contributed by atoms with Crippen molar-refractivity contribution < 1.29 is 14.2 Å². The molecule has 4 heteroatoms. The highest BCUT2D eigenvalue weighted by Crippen LogP contribution is 2.38. The first-order valence-electron chi connectivity index (χ1n) is 9.59. The number of rotatable bonds is 5. The van der Waals surface area contributed by atoms with Gasteiger partial charge in [0.25, 0.3) is 0 Å². The maximum Gasteiger partial charge on any atom is 0.243 e. The summed E-state index contributed by atoms with van der Waals surface area (Å²) in [4.78, 5) is 26.0. The van der Waals surface area contributed by atoms with Crippen LogP contribution in [0.3, 0.4) is 0 Å². The fourth-order valence-corrected chi connectivity index (χ4v) is 4.81. The van der Waals surface area contributed by atoms with Gasteiger partial charge in [-0.2, -0.15) is 0 Å². The van der Waals surface area contributed by atoms with Crippen molar-refractivity contribution in [3.05, 3.63) is 69.3 Å². The van der Waals surface area contributed by atoms with Gasteiger partial charge in [0, 0.05) is 11.1 Å². The molecule has 0 aliphatic carbocycles. The van der Waals surface area contributed by atoms with E-state index >= 15 is 0 Å². The van der Waals surface area contributed by atoms with Gasteiger partial charge >= 0.3 is 0 Å². The minimum absolute atomic E-state index is 0.0216. The molecule has 0 saturated heterocycles. The van der Waals surface area contributed by atoms with E-state index in [-0.39, 0.29) is 11.2 Å². The Morgan fingerprint density at radius 1 is 0.857 bits per heavy atom. The lowest BCUT2D eigenvalue weighted by atomic mass is 9.83. The monoisotopic (exact) mass is 397 g/mol. The van der Waals surface area contributed by atoms with Crippen molar-refractivity contribution >= 4 is 19.1 Å². The Bertz CT molecular complexity index is 921. The van der Waals surface area contributed by atoms with E-state index < -0.39 is 19.0 Å². The molecule has 2 aromatic rings. The lowest BCUT2D eigenvalue weighted by Gasteiger charge is -2.22. The van der Waals surface area contributed by atoms with E-state index in [0.29, 0.717) is 11.1 Å². The molecule has 0 fully saturated rings. The van der Waals surface area contributed by atoms with Crippen LogP contribution in [0.2, 0.25) is 0 Å². The van der Waals surface area contributed by atoms with Crippen molar-refractivity contribution in [2.75, 3.05) is 0 Å². The quantitative estimate of drug-likeness (QED) is 0.430. The highest BCUT2D eigenvalue weighted by atomic mass is 31.1. The number of hydrogen-bond acceptors (Lipinski definition) is 3. The maximum absolute atomic E-state index is 13.2. The Morgan fingerprint density at radius 3 is 1.75 bits per heavy atom. The van der Waals surface area contributed by atoms with Crippen molar-refractivity contribution in [3.63, 3.8) is 0 Å². The fourth-order valence-electron chi connectivity index (χ4n) is 3.54. The Labute approximate surface area is 169 Å². The van der Waals surface area contributed by atoms with Crippen LogP contribution in [-0.4, -0.2) is 17.0 Å². The average Bonchev–Trinajstić information content (AvgIpc) is 2.58. The molecule has 0 bridgehead atoms. The summed E-state index contributed by atoms with van der Waals surface area (Å²) in [6.45, 7) is 15.5. The Hall–Kier alpha value is -2.12. The molecule has 2 rings (SSSR count). The Balaban J connectivity index is 2.39. The summed E-state index contributed by atoms with van der Waals surface area (Å²) in [5.41, 5.74) is 4.19. The average molecular weight is 397 g/mol. The molecule has 0 aromatic heterocycles. The number of aryl methyl sites for hydroxylation is 4. The van der Waals surface area contributed by atoms with Crippen LogP contribution in [0.5, 0.6) is 0 Å². The second kappa shape index (κ2) is 8.09. The zero-order valence-electron chi connectivity index (χ0n) is 18.1. The molecular formula is C24H30O3P. The summed E-state index contributed by atoms with van der Waals surface area (Å²) in [5, 5.41) is 0. The predicted octanol–water partition coefficient (Wildman–Crippen LogP) is 6.46. The molecule has 0 amide bonds. The SMILES string of the molecule is Cc1cc(C(C)(C)C)cc(C)c1C(=O)C(C)[P](=O)C(=O)c1c(C)cccc1C. The van der Waals surface area contributed by atoms with Crippen LogP contribution < -0.4 is 0 Å². The van der Waals surface area contributed by atoms with Gasteiger partial charge in [0.1, 0.15) is 0 Å². The number of carbonyl (C=O) groups is 2. The van der Waals surface area contributed by atoms with Gasteiger partial charge in [-0.15, -0.1) is 0 Å². The van der Waals surface area contributed by atoms with Gasteiger partial charge < -0.3 is 0 Å². The standard InChI is InChI=1S/C24H30O3P/c1-14-10-9-11-15(2)21(14)23(26)28(27)18(5)22(25)20-16(3)12-19(13-17(20)4)24(6,7)8/h9-13,18H,1-8H3. The van der Waals surface area contributed by atoms with Crippen LogP contribution in [0.4, 0.5) is 0 Å². The van der Waals surface area contributed by atoms with Crippen LogP contribution in [-0.2, 0) is 9.98 Å². The Morgan fingerprint density at radius 2 is 1.32 bits per heavy atom. The third-order valence-electron chi connectivity index (χ3n) is 5.27. The Kier molecular flexibility index (Phi) is 6.41. The first-order valence-corrected chi connectivity index (χ1v) is 10.9. The third kappa shape index (κ3) is 4.31. The largest absolute Gasteiger partial charge is 0.293 e. The molecule has 0 heterocycles. The predicted molar refractivity (Wildman–Crippen MR) is 116 cm³/mol. The van der Waals surface area contributed by atoms with Gasteiger partial charge in [-0.25, -0.2) is 0 Å². The van der Waals surface area contributed by atoms with Crippen LogP contribution >= 0.6 is 7.80 Å². The number of Topliss-reactive ketones (excluding diaryl/α,β-unsaturated/α-hetero) is 1. The highest BCUT2D eigenvalue weighted by Gasteiger charge is 2.31. The summed E-state index contributed by atoms with van der Waals surface area (Å²) < 4.78 is 13.0. The van der Waals surface area contributed by atoms with Gasteiger partial charge in [-0.1, -0.05) is 51.1 Å². The first-order chi connectivity index (χ1) is 12.9. The lowest BCUT2D eigenvalue weighted by molar-refractivity contribution is 0.0981. The zero-order chi connectivity index (χ0) is 21.4. The van der Waals surface area contributed by atoms with E-state index in [1.165, 1.54) is 0 Å². The van der Waals surface area contributed by atoms with E-state index in [0.717, 1.165) is 27.8 Å². The van der Waals surface area contributed by atoms with Gasteiger partial charge in [0.05, 0.1) is 5.66 Å². The second-order valence-corrected chi connectivity index (χ2v) is 10.5. The molecule has 0 saturated carbocycles. The molecule has 3 nitrogen and oxygen atoms in total. The van der Waals surface area contributed by atoms with Crippen molar-refractivity contribution in [2.45, 2.75) is 66.5 Å². The number of hydrogen-bond donors (Lipinski definition) is 0. The zero-order valence-corrected chi connectivity index (χ0v) is 19.0.